The molecule has 124 valence electrons. The molecule has 0 fully saturated rings. The summed E-state index contributed by atoms with van der Waals surface area (Å²) >= 11 is 1.45. The van der Waals surface area contributed by atoms with Gasteiger partial charge in [-0.3, -0.25) is 14.2 Å². The molecule has 1 amide bonds. The molecule has 0 aliphatic rings. The molecular formula is C15H19N3O4S. The summed E-state index contributed by atoms with van der Waals surface area (Å²) in [7, 11) is 0. The van der Waals surface area contributed by atoms with Gasteiger partial charge in [-0.2, -0.15) is 0 Å². The van der Waals surface area contributed by atoms with E-state index in [1.165, 1.54) is 15.9 Å². The summed E-state index contributed by atoms with van der Waals surface area (Å²) in [6, 6.07) is -0.958. The quantitative estimate of drug-likeness (QED) is 0.858. The van der Waals surface area contributed by atoms with Gasteiger partial charge in [0.2, 0.25) is 5.91 Å². The average molecular weight is 337 g/mol. The van der Waals surface area contributed by atoms with Gasteiger partial charge in [0.1, 0.15) is 23.2 Å². The minimum Gasteiger partial charge on any atom is -0.480 e. The van der Waals surface area contributed by atoms with Gasteiger partial charge >= 0.3 is 5.97 Å². The minimum absolute atomic E-state index is 0.244. The Bertz CT molecular complexity index is 837. The first-order valence-electron chi connectivity index (χ1n) is 7.25. The average Bonchev–Trinajstić information content (AvgIpc) is 2.75. The number of carboxylic acid groups (broad SMARTS) is 1. The molecule has 0 bridgehead atoms. The van der Waals surface area contributed by atoms with Gasteiger partial charge in [0, 0.05) is 4.88 Å². The summed E-state index contributed by atoms with van der Waals surface area (Å²) in [5.74, 6) is -1.18. The third-order valence-corrected chi connectivity index (χ3v) is 4.92. The number of carbonyl (C=O) groups is 2. The van der Waals surface area contributed by atoms with E-state index in [2.05, 4.69) is 10.3 Å². The van der Waals surface area contributed by atoms with Crippen molar-refractivity contribution in [2.75, 3.05) is 0 Å². The van der Waals surface area contributed by atoms with E-state index < -0.39 is 17.9 Å². The van der Waals surface area contributed by atoms with Crippen molar-refractivity contribution in [2.45, 2.75) is 46.7 Å². The molecule has 0 aromatic carbocycles. The van der Waals surface area contributed by atoms with Crippen molar-refractivity contribution in [3.05, 3.63) is 26.6 Å². The molecule has 0 spiro atoms. The fourth-order valence-electron chi connectivity index (χ4n) is 2.34. The van der Waals surface area contributed by atoms with E-state index in [1.807, 2.05) is 13.8 Å². The van der Waals surface area contributed by atoms with E-state index in [9.17, 15) is 14.4 Å². The molecule has 8 heteroatoms. The van der Waals surface area contributed by atoms with Gasteiger partial charge < -0.3 is 10.4 Å². The molecular weight excluding hydrogens is 318 g/mol. The molecule has 0 aliphatic heterocycles. The van der Waals surface area contributed by atoms with Crippen LogP contribution in [0.15, 0.2) is 4.79 Å². The fraction of sp³-hybridized carbons (Fsp3) is 0.467. The predicted molar refractivity (Wildman–Crippen MR) is 87.9 cm³/mol. The molecule has 2 rings (SSSR count). The van der Waals surface area contributed by atoms with Crippen molar-refractivity contribution in [1.82, 2.24) is 14.9 Å². The lowest BCUT2D eigenvalue weighted by Gasteiger charge is -2.14. The number of aryl methyl sites for hydroxylation is 3. The number of aliphatic carboxylic acids is 1. The van der Waals surface area contributed by atoms with Crippen LogP contribution in [-0.4, -0.2) is 32.6 Å². The molecule has 0 radical (unpaired) electrons. The summed E-state index contributed by atoms with van der Waals surface area (Å²) in [6.07, 6.45) is 0.273. The number of rotatable bonds is 5. The van der Waals surface area contributed by atoms with E-state index in [0.717, 1.165) is 10.4 Å². The Kier molecular flexibility index (Phi) is 4.84. The standard InChI is InChI=1S/C15H19N3O4S/c1-5-10(15(21)22)17-11(19)6-18-9(4)16-13-12(14(18)20)7(2)8(3)23-13/h10H,5-6H2,1-4H3,(H,17,19)(H,21,22). The van der Waals surface area contributed by atoms with Gasteiger partial charge in [-0.25, -0.2) is 9.78 Å². The Labute approximate surface area is 137 Å². The largest absolute Gasteiger partial charge is 0.480 e. The normalized spacial score (nSPS) is 12.3. The number of fused-ring (bicyclic) bond motifs is 1. The lowest BCUT2D eigenvalue weighted by molar-refractivity contribution is -0.142. The number of thiophene rings is 1. The molecule has 2 aromatic heterocycles. The lowest BCUT2D eigenvalue weighted by Crippen LogP contribution is -2.43. The highest BCUT2D eigenvalue weighted by Crippen LogP contribution is 2.26. The van der Waals surface area contributed by atoms with Gasteiger partial charge in [-0.05, 0) is 32.8 Å². The highest BCUT2D eigenvalue weighted by Gasteiger charge is 2.20. The molecule has 0 aliphatic carbocycles. The number of amides is 1. The zero-order valence-electron chi connectivity index (χ0n) is 13.5. The lowest BCUT2D eigenvalue weighted by atomic mass is 10.2. The smallest absolute Gasteiger partial charge is 0.326 e. The van der Waals surface area contributed by atoms with Gasteiger partial charge in [0.25, 0.3) is 5.56 Å². The van der Waals surface area contributed by atoms with Crippen LogP contribution in [-0.2, 0) is 16.1 Å². The maximum Gasteiger partial charge on any atom is 0.326 e. The SMILES string of the molecule is CCC(NC(=O)Cn1c(C)nc2sc(C)c(C)c2c1=O)C(=O)O. The first-order chi connectivity index (χ1) is 10.8. The Morgan fingerprint density at radius 1 is 1.35 bits per heavy atom. The third-order valence-electron chi connectivity index (χ3n) is 3.82. The number of nitrogens with zero attached hydrogens (tertiary/aromatic N) is 2. The summed E-state index contributed by atoms with van der Waals surface area (Å²) in [5.41, 5.74) is 0.599. The van der Waals surface area contributed by atoms with Gasteiger partial charge in [0.05, 0.1) is 5.39 Å². The molecule has 2 aromatic rings. The van der Waals surface area contributed by atoms with Crippen molar-refractivity contribution >= 4 is 33.4 Å². The third kappa shape index (κ3) is 3.26. The van der Waals surface area contributed by atoms with Crippen molar-refractivity contribution < 1.29 is 14.7 Å². The van der Waals surface area contributed by atoms with Crippen LogP contribution in [0, 0.1) is 20.8 Å². The molecule has 2 N–H and O–H groups in total. The first kappa shape index (κ1) is 17.1. The fourth-order valence-corrected chi connectivity index (χ4v) is 3.40. The molecule has 7 nitrogen and oxygen atoms in total. The number of carbonyl (C=O) groups excluding carboxylic acids is 1. The Balaban J connectivity index is 2.37. The maximum atomic E-state index is 12.6. The topological polar surface area (TPSA) is 101 Å². The number of nitrogens with one attached hydrogen (secondary N) is 1. The molecule has 1 unspecified atom stereocenters. The maximum absolute atomic E-state index is 12.6. The highest BCUT2D eigenvalue weighted by atomic mass is 32.1. The van der Waals surface area contributed by atoms with E-state index >= 15 is 0 Å². The van der Waals surface area contributed by atoms with Gasteiger partial charge in [-0.1, -0.05) is 6.92 Å². The van der Waals surface area contributed by atoms with Crippen LogP contribution < -0.4 is 10.9 Å². The van der Waals surface area contributed by atoms with E-state index in [0.29, 0.717) is 16.0 Å². The van der Waals surface area contributed by atoms with Crippen LogP contribution in [0.3, 0.4) is 0 Å². The van der Waals surface area contributed by atoms with Crippen LogP contribution in [0.2, 0.25) is 0 Å². The summed E-state index contributed by atoms with van der Waals surface area (Å²) in [4.78, 5) is 41.7. The second kappa shape index (κ2) is 6.49. The molecule has 0 saturated heterocycles. The van der Waals surface area contributed by atoms with Crippen molar-refractivity contribution in [1.29, 1.82) is 0 Å². The highest BCUT2D eigenvalue weighted by molar-refractivity contribution is 7.18. The Hall–Kier alpha value is -2.22. The molecule has 0 saturated carbocycles. The summed E-state index contributed by atoms with van der Waals surface area (Å²) < 4.78 is 1.28. The van der Waals surface area contributed by atoms with Crippen LogP contribution in [0.1, 0.15) is 29.6 Å². The zero-order valence-corrected chi connectivity index (χ0v) is 14.3. The number of carboxylic acids is 1. The van der Waals surface area contributed by atoms with Crippen LogP contribution in [0.4, 0.5) is 0 Å². The summed E-state index contributed by atoms with van der Waals surface area (Å²) in [5, 5.41) is 11.9. The van der Waals surface area contributed by atoms with Crippen molar-refractivity contribution in [3.63, 3.8) is 0 Å². The molecule has 23 heavy (non-hydrogen) atoms. The number of hydrogen-bond acceptors (Lipinski definition) is 5. The van der Waals surface area contributed by atoms with E-state index in [4.69, 9.17) is 5.11 Å². The van der Waals surface area contributed by atoms with Crippen LogP contribution in [0.5, 0.6) is 0 Å². The van der Waals surface area contributed by atoms with Crippen molar-refractivity contribution in [2.24, 2.45) is 0 Å². The summed E-state index contributed by atoms with van der Waals surface area (Å²) in [6.45, 7) is 6.86. The Morgan fingerprint density at radius 3 is 2.57 bits per heavy atom. The van der Waals surface area contributed by atoms with Gasteiger partial charge in [-0.15, -0.1) is 11.3 Å². The van der Waals surface area contributed by atoms with Crippen molar-refractivity contribution in [3.8, 4) is 0 Å². The second-order valence-corrected chi connectivity index (χ2v) is 6.58. The molecule has 1 atom stereocenters. The monoisotopic (exact) mass is 337 g/mol. The van der Waals surface area contributed by atoms with Crippen LogP contribution >= 0.6 is 11.3 Å². The van der Waals surface area contributed by atoms with E-state index in [1.54, 1.807) is 13.8 Å². The van der Waals surface area contributed by atoms with Crippen LogP contribution in [0.25, 0.3) is 10.2 Å². The second-order valence-electron chi connectivity index (χ2n) is 5.38. The predicted octanol–water partition coefficient (Wildman–Crippen LogP) is 1.36. The minimum atomic E-state index is -1.09. The molecule has 2 heterocycles. The number of hydrogen-bond donors (Lipinski definition) is 2. The Morgan fingerprint density at radius 2 is 2.00 bits per heavy atom. The zero-order chi connectivity index (χ0) is 17.3. The first-order valence-corrected chi connectivity index (χ1v) is 8.07. The number of aromatic nitrogens is 2. The van der Waals surface area contributed by atoms with E-state index in [-0.39, 0.29) is 18.5 Å². The van der Waals surface area contributed by atoms with Gasteiger partial charge in [0.15, 0.2) is 0 Å².